The lowest BCUT2D eigenvalue weighted by atomic mass is 10.2. The van der Waals surface area contributed by atoms with Crippen molar-refractivity contribution < 1.29 is 4.79 Å². The molecule has 4 nitrogen and oxygen atoms in total. The molecule has 0 saturated heterocycles. The molecule has 0 saturated carbocycles. The Morgan fingerprint density at radius 3 is 2.67 bits per heavy atom. The zero-order valence-corrected chi connectivity index (χ0v) is 15.0. The highest BCUT2D eigenvalue weighted by molar-refractivity contribution is 14.1. The molecule has 2 heterocycles. The number of nitrogens with zero attached hydrogens (tertiary/aromatic N) is 2. The van der Waals surface area contributed by atoms with Crippen LogP contribution in [0.1, 0.15) is 11.3 Å². The highest BCUT2D eigenvalue weighted by Gasteiger charge is 2.12. The van der Waals surface area contributed by atoms with Gasteiger partial charge in [0, 0.05) is 26.5 Å². The van der Waals surface area contributed by atoms with Crippen LogP contribution in [-0.2, 0) is 17.8 Å². The fourth-order valence-corrected chi connectivity index (χ4v) is 2.93. The molecule has 0 fully saturated rings. The van der Waals surface area contributed by atoms with Crippen LogP contribution in [0.15, 0.2) is 24.5 Å². The van der Waals surface area contributed by atoms with Crippen molar-refractivity contribution in [2.24, 2.45) is 0 Å². The second-order valence-electron chi connectivity index (χ2n) is 4.10. The van der Waals surface area contributed by atoms with E-state index in [1.807, 2.05) is 0 Å². The van der Waals surface area contributed by atoms with E-state index in [1.54, 1.807) is 18.3 Å². The smallest absolute Gasteiger partial charge is 0.224 e. The van der Waals surface area contributed by atoms with Crippen molar-refractivity contribution in [3.8, 4) is 0 Å². The first-order valence-corrected chi connectivity index (χ1v) is 8.04. The van der Waals surface area contributed by atoms with Crippen molar-refractivity contribution in [1.29, 1.82) is 0 Å². The van der Waals surface area contributed by atoms with Crippen molar-refractivity contribution in [1.82, 2.24) is 15.3 Å². The lowest BCUT2D eigenvalue weighted by Gasteiger charge is -2.08. The number of halogens is 4. The molecule has 0 atom stereocenters. The van der Waals surface area contributed by atoms with Gasteiger partial charge in [0.2, 0.25) is 5.91 Å². The molecule has 110 valence electrons. The number of carbonyl (C=O) groups excluding carboxylic acids is 1. The Bertz CT molecular complexity index is 661. The van der Waals surface area contributed by atoms with E-state index < -0.39 is 0 Å². The van der Waals surface area contributed by atoms with Gasteiger partial charge in [0.25, 0.3) is 0 Å². The van der Waals surface area contributed by atoms with Crippen LogP contribution in [-0.4, -0.2) is 15.9 Å². The van der Waals surface area contributed by atoms with Crippen LogP contribution >= 0.6 is 57.4 Å². The second kappa shape index (κ2) is 7.58. The largest absolute Gasteiger partial charge is 0.350 e. The Labute approximate surface area is 150 Å². The molecule has 21 heavy (non-hydrogen) atoms. The summed E-state index contributed by atoms with van der Waals surface area (Å²) in [6.45, 7) is 0.240. The maximum Gasteiger partial charge on any atom is 0.224 e. The van der Waals surface area contributed by atoms with Crippen molar-refractivity contribution in [3.63, 3.8) is 0 Å². The van der Waals surface area contributed by atoms with Gasteiger partial charge >= 0.3 is 0 Å². The van der Waals surface area contributed by atoms with E-state index in [2.05, 4.69) is 37.9 Å². The predicted molar refractivity (Wildman–Crippen MR) is 91.8 cm³/mol. The molecule has 0 aliphatic heterocycles. The first kappa shape index (κ1) is 16.7. The van der Waals surface area contributed by atoms with Gasteiger partial charge < -0.3 is 5.32 Å². The standard InChI is InChI=1S/C13H9Cl3IN3O/c14-9-1-2-18-13(16)8(9)4-12(21)20-6-11-10(15)3-7(17)5-19-11/h1-3,5H,4,6H2,(H,20,21). The zero-order chi connectivity index (χ0) is 15.4. The summed E-state index contributed by atoms with van der Waals surface area (Å²) in [6.07, 6.45) is 3.22. The minimum Gasteiger partial charge on any atom is -0.350 e. The molecule has 2 aromatic heterocycles. The Balaban J connectivity index is 1.99. The molecule has 2 aromatic rings. The molecular formula is C13H9Cl3IN3O. The molecule has 0 unspecified atom stereocenters. The first-order chi connectivity index (χ1) is 9.97. The van der Waals surface area contributed by atoms with E-state index in [0.717, 1.165) is 3.57 Å². The fraction of sp³-hybridized carbons (Fsp3) is 0.154. The maximum absolute atomic E-state index is 11.9. The molecule has 2 rings (SSSR count). The number of aromatic nitrogens is 2. The number of hydrogen-bond acceptors (Lipinski definition) is 3. The van der Waals surface area contributed by atoms with Gasteiger partial charge in [0.15, 0.2) is 0 Å². The Morgan fingerprint density at radius 2 is 2.00 bits per heavy atom. The van der Waals surface area contributed by atoms with E-state index >= 15 is 0 Å². The number of rotatable bonds is 4. The monoisotopic (exact) mass is 455 g/mol. The van der Waals surface area contributed by atoms with Crippen molar-refractivity contribution >= 4 is 63.3 Å². The number of nitrogens with one attached hydrogen (secondary N) is 1. The third-order valence-corrected chi connectivity index (χ3v) is 4.22. The number of amides is 1. The lowest BCUT2D eigenvalue weighted by Crippen LogP contribution is -2.25. The molecule has 0 spiro atoms. The SMILES string of the molecule is O=C(Cc1c(Cl)ccnc1Cl)NCc1ncc(I)cc1Cl. The summed E-state index contributed by atoms with van der Waals surface area (Å²) in [5, 5.41) is 3.88. The minimum atomic E-state index is -0.233. The molecular weight excluding hydrogens is 447 g/mol. The normalized spacial score (nSPS) is 10.5. The van der Waals surface area contributed by atoms with Gasteiger partial charge in [-0.2, -0.15) is 0 Å². The van der Waals surface area contributed by atoms with Crippen molar-refractivity contribution in [2.75, 3.05) is 0 Å². The quantitative estimate of drug-likeness (QED) is 0.561. The molecule has 0 radical (unpaired) electrons. The number of hydrogen-bond donors (Lipinski definition) is 1. The van der Waals surface area contributed by atoms with Crippen molar-refractivity contribution in [2.45, 2.75) is 13.0 Å². The molecule has 0 aliphatic rings. The third-order valence-electron chi connectivity index (χ3n) is 2.62. The van der Waals surface area contributed by atoms with E-state index in [-0.39, 0.29) is 24.0 Å². The molecule has 0 bridgehead atoms. The first-order valence-electron chi connectivity index (χ1n) is 5.83. The summed E-state index contributed by atoms with van der Waals surface area (Å²) < 4.78 is 0.932. The van der Waals surface area contributed by atoms with Gasteiger partial charge in [-0.3, -0.25) is 9.78 Å². The molecule has 1 N–H and O–H groups in total. The summed E-state index contributed by atoms with van der Waals surface area (Å²) in [4.78, 5) is 20.0. The fourth-order valence-electron chi connectivity index (χ4n) is 1.58. The van der Waals surface area contributed by atoms with E-state index in [1.165, 1.54) is 6.20 Å². The zero-order valence-electron chi connectivity index (χ0n) is 10.5. The Hall–Kier alpha value is -0.630. The predicted octanol–water partition coefficient (Wildman–Crippen LogP) is 3.90. The number of carbonyl (C=O) groups is 1. The molecule has 0 aliphatic carbocycles. The summed E-state index contributed by atoms with van der Waals surface area (Å²) in [6, 6.07) is 3.37. The van der Waals surface area contributed by atoms with Gasteiger partial charge in [-0.05, 0) is 34.7 Å². The molecule has 1 amide bonds. The van der Waals surface area contributed by atoms with Gasteiger partial charge in [0.1, 0.15) is 5.15 Å². The van der Waals surface area contributed by atoms with Crippen LogP contribution in [0.2, 0.25) is 15.2 Å². The minimum absolute atomic E-state index is 0.0491. The van der Waals surface area contributed by atoms with Crippen LogP contribution in [0.25, 0.3) is 0 Å². The topological polar surface area (TPSA) is 54.9 Å². The lowest BCUT2D eigenvalue weighted by molar-refractivity contribution is -0.120. The van der Waals surface area contributed by atoms with Gasteiger partial charge in [-0.15, -0.1) is 0 Å². The maximum atomic E-state index is 11.9. The second-order valence-corrected chi connectivity index (χ2v) is 6.52. The van der Waals surface area contributed by atoms with E-state index in [0.29, 0.717) is 21.3 Å². The highest BCUT2D eigenvalue weighted by Crippen LogP contribution is 2.22. The average molecular weight is 456 g/mol. The van der Waals surface area contributed by atoms with Crippen LogP contribution < -0.4 is 5.32 Å². The molecule has 0 aromatic carbocycles. The van der Waals surface area contributed by atoms with Crippen LogP contribution in [0.3, 0.4) is 0 Å². The summed E-state index contributed by atoms with van der Waals surface area (Å²) in [5.74, 6) is -0.233. The van der Waals surface area contributed by atoms with Crippen LogP contribution in [0, 0.1) is 3.57 Å². The van der Waals surface area contributed by atoms with Crippen LogP contribution in [0.4, 0.5) is 0 Å². The summed E-state index contributed by atoms with van der Waals surface area (Å²) in [5.41, 5.74) is 1.11. The van der Waals surface area contributed by atoms with E-state index in [9.17, 15) is 4.79 Å². The average Bonchev–Trinajstić information content (AvgIpc) is 2.42. The Morgan fingerprint density at radius 1 is 1.24 bits per heavy atom. The molecule has 8 heteroatoms. The van der Waals surface area contributed by atoms with Gasteiger partial charge in [0.05, 0.1) is 23.7 Å². The summed E-state index contributed by atoms with van der Waals surface area (Å²) >= 11 is 20.1. The van der Waals surface area contributed by atoms with Gasteiger partial charge in [-0.25, -0.2) is 4.98 Å². The summed E-state index contributed by atoms with van der Waals surface area (Å²) in [7, 11) is 0. The Kier molecular flexibility index (Phi) is 6.04. The van der Waals surface area contributed by atoms with Crippen LogP contribution in [0.5, 0.6) is 0 Å². The van der Waals surface area contributed by atoms with Gasteiger partial charge in [-0.1, -0.05) is 34.8 Å². The number of pyridine rings is 2. The van der Waals surface area contributed by atoms with E-state index in [4.69, 9.17) is 34.8 Å². The highest BCUT2D eigenvalue weighted by atomic mass is 127. The third kappa shape index (κ3) is 4.67. The van der Waals surface area contributed by atoms with Crippen molar-refractivity contribution in [3.05, 3.63) is 54.6 Å².